The summed E-state index contributed by atoms with van der Waals surface area (Å²) in [6.07, 6.45) is 0.237. The van der Waals surface area contributed by atoms with Crippen LogP contribution in [-0.2, 0) is 16.1 Å². The van der Waals surface area contributed by atoms with Gasteiger partial charge in [-0.25, -0.2) is 0 Å². The highest BCUT2D eigenvalue weighted by atomic mass is 35.5. The number of anilines is 1. The number of amides is 2. The number of halogens is 1. The fourth-order valence-corrected chi connectivity index (χ4v) is 3.42. The average Bonchev–Trinajstić information content (AvgIpc) is 2.90. The monoisotopic (exact) mass is 356 g/mol. The van der Waals surface area contributed by atoms with E-state index in [9.17, 15) is 9.59 Å². The third-order valence-electron chi connectivity index (χ3n) is 4.39. The molecule has 2 aromatic rings. The Kier molecular flexibility index (Phi) is 5.09. The van der Waals surface area contributed by atoms with E-state index in [2.05, 4.69) is 11.4 Å². The van der Waals surface area contributed by atoms with Crippen LogP contribution in [0.3, 0.4) is 0 Å². The maximum Gasteiger partial charge on any atom is 0.229 e. The lowest BCUT2D eigenvalue weighted by atomic mass is 10.1. The SMILES string of the molecule is Cc1cc(C)cc(NC(=O)C2CC(=O)N(Cc3ccccc3Cl)C2)c1. The number of hydrogen-bond donors (Lipinski definition) is 1. The van der Waals surface area contributed by atoms with Gasteiger partial charge in [0.05, 0.1) is 5.92 Å². The Balaban J connectivity index is 1.65. The van der Waals surface area contributed by atoms with E-state index in [-0.39, 0.29) is 24.2 Å². The van der Waals surface area contributed by atoms with Gasteiger partial charge in [-0.1, -0.05) is 35.9 Å². The second kappa shape index (κ2) is 7.28. The highest BCUT2D eigenvalue weighted by Crippen LogP contribution is 2.25. The zero-order chi connectivity index (χ0) is 18.0. The van der Waals surface area contributed by atoms with Crippen molar-refractivity contribution in [2.75, 3.05) is 11.9 Å². The predicted octanol–water partition coefficient (Wildman–Crippen LogP) is 3.94. The summed E-state index contributed by atoms with van der Waals surface area (Å²) in [6.45, 7) is 4.84. The molecule has 0 spiro atoms. The second-order valence-electron chi connectivity index (χ2n) is 6.63. The molecular formula is C20H21ClN2O2. The van der Waals surface area contributed by atoms with Crippen LogP contribution in [0.2, 0.25) is 5.02 Å². The maximum absolute atomic E-state index is 12.5. The van der Waals surface area contributed by atoms with Crippen LogP contribution in [0.1, 0.15) is 23.1 Å². The van der Waals surface area contributed by atoms with Crippen molar-refractivity contribution in [3.63, 3.8) is 0 Å². The molecule has 1 N–H and O–H groups in total. The molecule has 1 atom stereocenters. The number of nitrogens with one attached hydrogen (secondary N) is 1. The first kappa shape index (κ1) is 17.5. The van der Waals surface area contributed by atoms with Crippen LogP contribution in [0.25, 0.3) is 0 Å². The van der Waals surface area contributed by atoms with Gasteiger partial charge >= 0.3 is 0 Å². The number of carbonyl (C=O) groups excluding carboxylic acids is 2. The molecule has 5 heteroatoms. The van der Waals surface area contributed by atoms with Gasteiger partial charge in [-0.05, 0) is 48.7 Å². The van der Waals surface area contributed by atoms with Crippen LogP contribution >= 0.6 is 11.6 Å². The summed E-state index contributed by atoms with van der Waals surface area (Å²) in [4.78, 5) is 26.5. The second-order valence-corrected chi connectivity index (χ2v) is 7.04. The minimum atomic E-state index is -0.337. The van der Waals surface area contributed by atoms with Crippen LogP contribution in [-0.4, -0.2) is 23.3 Å². The van der Waals surface area contributed by atoms with Crippen molar-refractivity contribution in [2.24, 2.45) is 5.92 Å². The number of likely N-dealkylation sites (tertiary alicyclic amines) is 1. The van der Waals surface area contributed by atoms with Gasteiger partial charge in [-0.2, -0.15) is 0 Å². The van der Waals surface area contributed by atoms with E-state index in [1.807, 2.05) is 50.2 Å². The molecule has 130 valence electrons. The first-order valence-electron chi connectivity index (χ1n) is 8.32. The average molecular weight is 357 g/mol. The molecular weight excluding hydrogens is 336 g/mol. The Labute approximate surface area is 152 Å². The van der Waals surface area contributed by atoms with Crippen molar-refractivity contribution < 1.29 is 9.59 Å². The third kappa shape index (κ3) is 4.20. The lowest BCUT2D eigenvalue weighted by Crippen LogP contribution is -2.28. The molecule has 0 aromatic heterocycles. The summed E-state index contributed by atoms with van der Waals surface area (Å²) in [6, 6.07) is 13.4. The van der Waals surface area contributed by atoms with E-state index < -0.39 is 0 Å². The zero-order valence-electron chi connectivity index (χ0n) is 14.4. The van der Waals surface area contributed by atoms with Gasteiger partial charge in [0.15, 0.2) is 0 Å². The standard InChI is InChI=1S/C20H21ClN2O2/c1-13-7-14(2)9-17(8-13)22-20(25)16-10-19(24)23(12-16)11-15-5-3-4-6-18(15)21/h3-9,16H,10-12H2,1-2H3,(H,22,25). The number of aryl methyl sites for hydroxylation is 2. The topological polar surface area (TPSA) is 49.4 Å². The first-order valence-corrected chi connectivity index (χ1v) is 8.70. The van der Waals surface area contributed by atoms with Crippen molar-refractivity contribution in [3.8, 4) is 0 Å². The number of hydrogen-bond acceptors (Lipinski definition) is 2. The molecule has 1 unspecified atom stereocenters. The Morgan fingerprint density at radius 1 is 1.20 bits per heavy atom. The molecule has 2 amide bonds. The molecule has 25 heavy (non-hydrogen) atoms. The number of benzene rings is 2. The van der Waals surface area contributed by atoms with Crippen LogP contribution in [0, 0.1) is 19.8 Å². The van der Waals surface area contributed by atoms with Crippen molar-refractivity contribution in [3.05, 3.63) is 64.2 Å². The van der Waals surface area contributed by atoms with Crippen LogP contribution in [0.4, 0.5) is 5.69 Å². The fourth-order valence-electron chi connectivity index (χ4n) is 3.22. The van der Waals surface area contributed by atoms with Gasteiger partial charge in [-0.15, -0.1) is 0 Å². The smallest absolute Gasteiger partial charge is 0.229 e. The third-order valence-corrected chi connectivity index (χ3v) is 4.76. The summed E-state index contributed by atoms with van der Waals surface area (Å²) in [5.74, 6) is -0.462. The van der Waals surface area contributed by atoms with Crippen LogP contribution < -0.4 is 5.32 Å². The summed E-state index contributed by atoms with van der Waals surface area (Å²) in [5, 5.41) is 3.58. The Hall–Kier alpha value is -2.33. The summed E-state index contributed by atoms with van der Waals surface area (Å²) >= 11 is 6.17. The Bertz CT molecular complexity index is 799. The fraction of sp³-hybridized carbons (Fsp3) is 0.300. The van der Waals surface area contributed by atoms with E-state index in [1.54, 1.807) is 4.90 Å². The molecule has 4 nitrogen and oxygen atoms in total. The largest absolute Gasteiger partial charge is 0.337 e. The molecule has 2 aromatic carbocycles. The van der Waals surface area contributed by atoms with Gasteiger partial charge in [0.1, 0.15) is 0 Å². The normalized spacial score (nSPS) is 17.0. The number of rotatable bonds is 4. The lowest BCUT2D eigenvalue weighted by Gasteiger charge is -2.17. The van der Waals surface area contributed by atoms with E-state index in [1.165, 1.54) is 0 Å². The first-order chi connectivity index (χ1) is 11.9. The van der Waals surface area contributed by atoms with Gasteiger partial charge in [-0.3, -0.25) is 9.59 Å². The van der Waals surface area contributed by atoms with E-state index in [0.29, 0.717) is 18.1 Å². The molecule has 0 aliphatic carbocycles. The van der Waals surface area contributed by atoms with Gasteiger partial charge in [0.2, 0.25) is 11.8 Å². The number of carbonyl (C=O) groups is 2. The van der Waals surface area contributed by atoms with Gasteiger partial charge in [0, 0.05) is 30.2 Å². The van der Waals surface area contributed by atoms with Gasteiger partial charge in [0.25, 0.3) is 0 Å². The van der Waals surface area contributed by atoms with E-state index >= 15 is 0 Å². The molecule has 0 bridgehead atoms. The Morgan fingerprint density at radius 2 is 1.88 bits per heavy atom. The minimum Gasteiger partial charge on any atom is -0.337 e. The summed E-state index contributed by atoms with van der Waals surface area (Å²) < 4.78 is 0. The van der Waals surface area contributed by atoms with E-state index in [4.69, 9.17) is 11.6 Å². The van der Waals surface area contributed by atoms with Crippen molar-refractivity contribution in [1.29, 1.82) is 0 Å². The molecule has 0 saturated carbocycles. The molecule has 1 aliphatic rings. The van der Waals surface area contributed by atoms with Crippen molar-refractivity contribution in [2.45, 2.75) is 26.8 Å². The predicted molar refractivity (Wildman–Crippen MR) is 99.5 cm³/mol. The van der Waals surface area contributed by atoms with Crippen LogP contribution in [0.5, 0.6) is 0 Å². The quantitative estimate of drug-likeness (QED) is 0.901. The minimum absolute atomic E-state index is 0.0134. The highest BCUT2D eigenvalue weighted by Gasteiger charge is 2.34. The molecule has 1 aliphatic heterocycles. The lowest BCUT2D eigenvalue weighted by molar-refractivity contribution is -0.128. The summed E-state index contributed by atoms with van der Waals surface area (Å²) in [7, 11) is 0. The molecule has 0 radical (unpaired) electrons. The molecule has 1 fully saturated rings. The van der Waals surface area contributed by atoms with Crippen molar-refractivity contribution >= 4 is 29.1 Å². The van der Waals surface area contributed by atoms with E-state index in [0.717, 1.165) is 22.4 Å². The molecule has 1 heterocycles. The van der Waals surface area contributed by atoms with Gasteiger partial charge < -0.3 is 10.2 Å². The maximum atomic E-state index is 12.5. The molecule has 1 saturated heterocycles. The molecule has 3 rings (SSSR count). The van der Waals surface area contributed by atoms with Crippen LogP contribution in [0.15, 0.2) is 42.5 Å². The highest BCUT2D eigenvalue weighted by molar-refractivity contribution is 6.31. The summed E-state index contributed by atoms with van der Waals surface area (Å²) in [5.41, 5.74) is 3.86. The zero-order valence-corrected chi connectivity index (χ0v) is 15.1. The Morgan fingerprint density at radius 3 is 2.56 bits per heavy atom. The number of nitrogens with zero attached hydrogens (tertiary/aromatic N) is 1. The van der Waals surface area contributed by atoms with Crippen molar-refractivity contribution in [1.82, 2.24) is 4.90 Å².